The highest BCUT2D eigenvalue weighted by atomic mass is 16.5. The third-order valence-electron chi connectivity index (χ3n) is 4.65. The molecule has 0 heterocycles. The van der Waals surface area contributed by atoms with E-state index in [9.17, 15) is 0 Å². The minimum Gasteiger partial charge on any atom is -0.494 e. The van der Waals surface area contributed by atoms with Crippen molar-refractivity contribution in [3.05, 3.63) is 54.1 Å². The van der Waals surface area contributed by atoms with Gasteiger partial charge in [0.2, 0.25) is 0 Å². The highest BCUT2D eigenvalue weighted by Gasteiger charge is 2.14. The first kappa shape index (κ1) is 20.2. The molecule has 3 heteroatoms. The smallest absolute Gasteiger partial charge is 0.123 e. The van der Waals surface area contributed by atoms with Crippen LogP contribution in [0.4, 0.5) is 5.69 Å². The highest BCUT2D eigenvalue weighted by Crippen LogP contribution is 2.29. The van der Waals surface area contributed by atoms with Crippen LogP contribution in [0.3, 0.4) is 0 Å². The number of rotatable bonds is 11. The second-order valence-corrected chi connectivity index (χ2v) is 6.75. The van der Waals surface area contributed by atoms with Crippen LogP contribution in [-0.4, -0.2) is 19.3 Å². The third-order valence-corrected chi connectivity index (χ3v) is 4.65. The Labute approximate surface area is 158 Å². The molecule has 0 aliphatic rings. The van der Waals surface area contributed by atoms with Crippen molar-refractivity contribution < 1.29 is 9.47 Å². The van der Waals surface area contributed by atoms with Crippen LogP contribution in [0.2, 0.25) is 0 Å². The monoisotopic (exact) mass is 355 g/mol. The van der Waals surface area contributed by atoms with Crippen molar-refractivity contribution in [2.75, 3.05) is 18.5 Å². The summed E-state index contributed by atoms with van der Waals surface area (Å²) in [5.74, 6) is 2.42. The summed E-state index contributed by atoms with van der Waals surface area (Å²) in [6.07, 6.45) is 3.20. The second kappa shape index (κ2) is 10.7. The van der Waals surface area contributed by atoms with Crippen LogP contribution >= 0.6 is 0 Å². The van der Waals surface area contributed by atoms with Crippen molar-refractivity contribution in [3.63, 3.8) is 0 Å². The first-order chi connectivity index (χ1) is 12.7. The fourth-order valence-corrected chi connectivity index (χ4v) is 2.81. The van der Waals surface area contributed by atoms with E-state index in [0.29, 0.717) is 5.92 Å². The fraction of sp³-hybridized carbons (Fsp3) is 0.478. The van der Waals surface area contributed by atoms with E-state index in [1.165, 1.54) is 5.56 Å². The predicted octanol–water partition coefficient (Wildman–Crippen LogP) is 6.26. The molecular weight excluding hydrogens is 322 g/mol. The van der Waals surface area contributed by atoms with Gasteiger partial charge in [0.05, 0.1) is 13.2 Å². The van der Waals surface area contributed by atoms with E-state index in [2.05, 4.69) is 69.4 Å². The van der Waals surface area contributed by atoms with E-state index < -0.39 is 0 Å². The van der Waals surface area contributed by atoms with Gasteiger partial charge >= 0.3 is 0 Å². The van der Waals surface area contributed by atoms with Gasteiger partial charge in [-0.15, -0.1) is 0 Å². The van der Waals surface area contributed by atoms with Crippen LogP contribution in [0.1, 0.15) is 58.4 Å². The largest absolute Gasteiger partial charge is 0.494 e. The van der Waals surface area contributed by atoms with Gasteiger partial charge in [-0.1, -0.05) is 52.0 Å². The molecule has 0 saturated carbocycles. The predicted molar refractivity (Wildman–Crippen MR) is 111 cm³/mol. The van der Waals surface area contributed by atoms with E-state index in [1.807, 2.05) is 12.1 Å². The highest BCUT2D eigenvalue weighted by molar-refractivity contribution is 5.48. The summed E-state index contributed by atoms with van der Waals surface area (Å²) < 4.78 is 12.0. The van der Waals surface area contributed by atoms with Crippen molar-refractivity contribution >= 4 is 5.69 Å². The molecule has 0 saturated heterocycles. The van der Waals surface area contributed by atoms with Gasteiger partial charge in [-0.05, 0) is 48.9 Å². The van der Waals surface area contributed by atoms with Gasteiger partial charge in [-0.2, -0.15) is 0 Å². The van der Waals surface area contributed by atoms with Crippen LogP contribution in [0.15, 0.2) is 48.5 Å². The molecule has 0 aliphatic carbocycles. The lowest BCUT2D eigenvalue weighted by atomic mass is 9.98. The molecule has 3 nitrogen and oxygen atoms in total. The quantitative estimate of drug-likeness (QED) is 0.516. The van der Waals surface area contributed by atoms with Gasteiger partial charge in [0.25, 0.3) is 0 Å². The van der Waals surface area contributed by atoms with Crippen LogP contribution in [0.25, 0.3) is 0 Å². The van der Waals surface area contributed by atoms with Crippen LogP contribution in [-0.2, 0) is 0 Å². The molecule has 142 valence electrons. The van der Waals surface area contributed by atoms with Gasteiger partial charge in [-0.25, -0.2) is 0 Å². The molecule has 2 atom stereocenters. The van der Waals surface area contributed by atoms with Crippen molar-refractivity contribution in [1.82, 2.24) is 0 Å². The summed E-state index contributed by atoms with van der Waals surface area (Å²) in [6, 6.07) is 16.5. The van der Waals surface area contributed by atoms with Gasteiger partial charge in [0.1, 0.15) is 17.6 Å². The maximum atomic E-state index is 6.34. The lowest BCUT2D eigenvalue weighted by Crippen LogP contribution is -2.26. The average Bonchev–Trinajstić information content (AvgIpc) is 2.69. The van der Waals surface area contributed by atoms with Gasteiger partial charge < -0.3 is 14.8 Å². The van der Waals surface area contributed by atoms with Crippen LogP contribution in [0, 0.1) is 0 Å². The molecule has 0 radical (unpaired) electrons. The standard InChI is InChI=1S/C23H33NO2/c1-5-15-25-21-12-10-11-19(16-21)24-17-20(7-3)26-23-14-9-8-13-22(23)18(4)6-2/h8-14,16,18,20,24H,5-7,15,17H2,1-4H3. The first-order valence-electron chi connectivity index (χ1n) is 9.90. The summed E-state index contributed by atoms with van der Waals surface area (Å²) in [5.41, 5.74) is 2.36. The summed E-state index contributed by atoms with van der Waals surface area (Å²) in [7, 11) is 0. The number of nitrogens with one attached hydrogen (secondary N) is 1. The Kier molecular flexibility index (Phi) is 8.33. The molecule has 0 fully saturated rings. The van der Waals surface area contributed by atoms with E-state index in [4.69, 9.17) is 9.47 Å². The van der Waals surface area contributed by atoms with Gasteiger partial charge in [0, 0.05) is 11.8 Å². The Bertz CT molecular complexity index is 656. The molecule has 26 heavy (non-hydrogen) atoms. The lowest BCUT2D eigenvalue weighted by Gasteiger charge is -2.22. The van der Waals surface area contributed by atoms with Gasteiger partial charge in [0.15, 0.2) is 0 Å². The number of anilines is 1. The zero-order valence-electron chi connectivity index (χ0n) is 16.6. The Hall–Kier alpha value is -2.16. The fourth-order valence-electron chi connectivity index (χ4n) is 2.81. The maximum Gasteiger partial charge on any atom is 0.123 e. The Morgan fingerprint density at radius 2 is 1.77 bits per heavy atom. The van der Waals surface area contributed by atoms with Crippen molar-refractivity contribution in [3.8, 4) is 11.5 Å². The molecular formula is C23H33NO2. The average molecular weight is 356 g/mol. The molecule has 2 unspecified atom stereocenters. The van der Waals surface area contributed by atoms with Gasteiger partial charge in [-0.3, -0.25) is 0 Å². The number of hydrogen-bond acceptors (Lipinski definition) is 3. The van der Waals surface area contributed by atoms with Crippen LogP contribution < -0.4 is 14.8 Å². The summed E-state index contributed by atoms with van der Waals surface area (Å²) in [4.78, 5) is 0. The van der Waals surface area contributed by atoms with E-state index >= 15 is 0 Å². The van der Waals surface area contributed by atoms with E-state index in [1.54, 1.807) is 0 Å². The molecule has 2 aromatic rings. The number of benzene rings is 2. The molecule has 0 bridgehead atoms. The molecule has 2 rings (SSSR count). The van der Waals surface area contributed by atoms with Crippen molar-refractivity contribution in [2.24, 2.45) is 0 Å². The third kappa shape index (κ3) is 5.98. The SMILES string of the molecule is CCCOc1cccc(NCC(CC)Oc2ccccc2C(C)CC)c1. The van der Waals surface area contributed by atoms with E-state index in [0.717, 1.165) is 49.6 Å². The molecule has 0 amide bonds. The topological polar surface area (TPSA) is 30.5 Å². The van der Waals surface area contributed by atoms with Crippen molar-refractivity contribution in [2.45, 2.75) is 59.0 Å². The normalized spacial score (nSPS) is 13.1. The summed E-state index contributed by atoms with van der Waals surface area (Å²) in [5, 5.41) is 3.49. The maximum absolute atomic E-state index is 6.34. The molecule has 0 spiro atoms. The zero-order valence-corrected chi connectivity index (χ0v) is 16.6. The molecule has 0 aromatic heterocycles. The van der Waals surface area contributed by atoms with Crippen LogP contribution in [0.5, 0.6) is 11.5 Å². The number of para-hydroxylation sites is 1. The number of hydrogen-bond donors (Lipinski definition) is 1. The number of ether oxygens (including phenoxy) is 2. The summed E-state index contributed by atoms with van der Waals surface area (Å²) in [6.45, 7) is 10.3. The Morgan fingerprint density at radius 1 is 0.962 bits per heavy atom. The minimum atomic E-state index is 0.125. The second-order valence-electron chi connectivity index (χ2n) is 6.75. The Balaban J connectivity index is 1.98. The Morgan fingerprint density at radius 3 is 2.50 bits per heavy atom. The lowest BCUT2D eigenvalue weighted by molar-refractivity contribution is 0.207. The van der Waals surface area contributed by atoms with Crippen molar-refractivity contribution in [1.29, 1.82) is 0 Å². The zero-order chi connectivity index (χ0) is 18.8. The summed E-state index contributed by atoms with van der Waals surface area (Å²) >= 11 is 0. The van der Waals surface area contributed by atoms with E-state index in [-0.39, 0.29) is 6.10 Å². The molecule has 1 N–H and O–H groups in total. The molecule has 0 aliphatic heterocycles. The molecule has 2 aromatic carbocycles. The minimum absolute atomic E-state index is 0.125. The first-order valence-corrected chi connectivity index (χ1v) is 9.90.